The first-order valence-electron chi connectivity index (χ1n) is 32.6. The Morgan fingerprint density at radius 1 is 0.691 bits per heavy atom. The van der Waals surface area contributed by atoms with Crippen molar-refractivity contribution in [1.29, 1.82) is 0 Å². The molecular weight excluding hydrogens is 1200 g/mol. The molecule has 0 bridgehead atoms. The number of nitrogens with one attached hydrogen (secondary N) is 1. The van der Waals surface area contributed by atoms with E-state index in [1.54, 1.807) is 73.7 Å². The Labute approximate surface area is 548 Å². The van der Waals surface area contributed by atoms with Crippen molar-refractivity contribution in [2.75, 3.05) is 24.3 Å². The molecule has 19 nitrogen and oxygen atoms in total. The minimum absolute atomic E-state index is 0.00117. The van der Waals surface area contributed by atoms with E-state index in [1.165, 1.54) is 0 Å². The van der Waals surface area contributed by atoms with Gasteiger partial charge in [-0.15, -0.1) is 0 Å². The molecule has 9 aliphatic rings. The average Bonchev–Trinajstić information content (AvgIpc) is 1.49. The highest BCUT2D eigenvalue weighted by molar-refractivity contribution is 6.02. The molecule has 13 rings (SSSR count). The minimum Gasteiger partial charge on any atom is -0.489 e. The van der Waals surface area contributed by atoms with Gasteiger partial charge in [-0.1, -0.05) is 112 Å². The Balaban J connectivity index is 0.000000153. The third-order valence-corrected chi connectivity index (χ3v) is 22.6. The maximum Gasteiger partial charge on any atom is 0.412 e. The van der Waals surface area contributed by atoms with Crippen LogP contribution in [-0.2, 0) is 46.6 Å². The molecule has 6 saturated carbocycles. The number of ether oxygens (including phenoxy) is 5. The zero-order valence-electron chi connectivity index (χ0n) is 54.4. The second-order valence-electron chi connectivity index (χ2n) is 29.1. The summed E-state index contributed by atoms with van der Waals surface area (Å²) in [5.41, 5.74) is 5.95. The van der Waals surface area contributed by atoms with Crippen molar-refractivity contribution in [1.82, 2.24) is 0 Å². The first-order chi connectivity index (χ1) is 44.5. The summed E-state index contributed by atoms with van der Waals surface area (Å²) in [7, 11) is 0. The molecule has 0 spiro atoms. The molecule has 500 valence electrons. The van der Waals surface area contributed by atoms with Crippen molar-refractivity contribution in [3.63, 3.8) is 0 Å². The van der Waals surface area contributed by atoms with E-state index in [0.29, 0.717) is 54.5 Å². The van der Waals surface area contributed by atoms with Crippen LogP contribution in [0.1, 0.15) is 133 Å². The van der Waals surface area contributed by atoms with Crippen LogP contribution in [0.2, 0.25) is 0 Å². The number of nitrogens with two attached hydrogens (primary N) is 1. The number of allylic oxidation sites excluding steroid dienone is 8. The molecule has 0 unspecified atom stereocenters. The van der Waals surface area contributed by atoms with E-state index >= 15 is 0 Å². The van der Waals surface area contributed by atoms with Crippen LogP contribution in [0.25, 0.3) is 0 Å². The number of rotatable bonds is 13. The number of carbonyl (C=O) groups excluding carboxylic acids is 6. The summed E-state index contributed by atoms with van der Waals surface area (Å²) in [5.74, 6) is -0.0741. The number of amides is 1. The molecule has 0 radical (unpaired) electrons. The molecule has 4 aromatic carbocycles. The molecule has 4 aromatic rings. The molecule has 17 atom stereocenters. The number of nitrogen functional groups attached to an aromatic ring is 1. The number of hydrogen-bond donors (Lipinski definition) is 8. The largest absolute Gasteiger partial charge is 0.489 e. The van der Waals surface area contributed by atoms with Crippen LogP contribution in [0.15, 0.2) is 145 Å². The van der Waals surface area contributed by atoms with Crippen LogP contribution in [0.3, 0.4) is 0 Å². The van der Waals surface area contributed by atoms with Crippen molar-refractivity contribution in [2.24, 2.45) is 57.2 Å². The van der Waals surface area contributed by atoms with E-state index in [-0.39, 0.29) is 59.9 Å². The lowest BCUT2D eigenvalue weighted by molar-refractivity contribution is -0.201. The van der Waals surface area contributed by atoms with E-state index in [2.05, 4.69) is 12.2 Å². The number of ketones is 4. The molecule has 1 amide bonds. The highest BCUT2D eigenvalue weighted by atomic mass is 16.7. The Kier molecular flexibility index (Phi) is 18.7. The van der Waals surface area contributed by atoms with Crippen molar-refractivity contribution in [3.8, 4) is 11.5 Å². The summed E-state index contributed by atoms with van der Waals surface area (Å²) in [4.78, 5) is 72.5. The lowest BCUT2D eigenvalue weighted by atomic mass is 9.46. The molecule has 1 aliphatic heterocycles. The monoisotopic (exact) mass is 1290 g/mol. The van der Waals surface area contributed by atoms with Crippen LogP contribution >= 0.6 is 0 Å². The maximum absolute atomic E-state index is 13.7. The summed E-state index contributed by atoms with van der Waals surface area (Å²) in [6.45, 7) is 12.6. The fourth-order valence-electron chi connectivity index (χ4n) is 18.3. The van der Waals surface area contributed by atoms with Gasteiger partial charge in [-0.25, -0.2) is 4.79 Å². The summed E-state index contributed by atoms with van der Waals surface area (Å²) < 4.78 is 30.0. The zero-order valence-corrected chi connectivity index (χ0v) is 54.4. The zero-order chi connectivity index (χ0) is 67.5. The van der Waals surface area contributed by atoms with Gasteiger partial charge in [0.1, 0.15) is 49.8 Å². The normalized spacial score (nSPS) is 35.5. The molecule has 1 saturated heterocycles. The summed E-state index contributed by atoms with van der Waals surface area (Å²) in [6, 6.07) is 29.2. The highest BCUT2D eigenvalue weighted by Crippen LogP contribution is 2.71. The molecule has 94 heavy (non-hydrogen) atoms. The molecule has 7 fully saturated rings. The quantitative estimate of drug-likeness (QED) is 0.0456. The SMILES string of the molecule is CC(C)(C)OC(=O)Nc1cccc(OCc2ccc(C=O)cc2)c1.C[C@]12C=CC(=O)C=C1CC[C@@H]1[C@@H]2[C@@H](O)C[C@@]2(C)[C@H]1C[C@@H](O)[C@]2(O)C(=O)CO.C[C@]12C=CC(=O)C=C1CC[C@@H]1[C@@H]2[C@@H](O)C[C@@]2(C)[C@H]1C[C@H]1O[C@@H](c3ccc(COc4cccc(N)c4)cc3)O[C@]12C(=O)CO. The van der Waals surface area contributed by atoms with Crippen molar-refractivity contribution < 1.29 is 83.1 Å². The minimum atomic E-state index is -2.05. The van der Waals surface area contributed by atoms with Gasteiger partial charge in [0.15, 0.2) is 40.6 Å². The van der Waals surface area contributed by atoms with Gasteiger partial charge in [0.25, 0.3) is 0 Å². The molecule has 9 N–H and O–H groups in total. The second kappa shape index (κ2) is 25.9. The Bertz CT molecular complexity index is 3700. The lowest BCUT2D eigenvalue weighted by Crippen LogP contribution is -2.63. The number of benzene rings is 4. The molecular formula is C75H88N2O17. The van der Waals surface area contributed by atoms with Crippen LogP contribution in [-0.4, -0.2) is 121 Å². The first-order valence-corrected chi connectivity index (χ1v) is 32.6. The van der Waals surface area contributed by atoms with Crippen molar-refractivity contribution in [3.05, 3.63) is 167 Å². The van der Waals surface area contributed by atoms with E-state index in [4.69, 9.17) is 29.4 Å². The van der Waals surface area contributed by atoms with E-state index in [9.17, 15) is 59.4 Å². The lowest BCUT2D eigenvalue weighted by Gasteiger charge is -2.59. The average molecular weight is 1290 g/mol. The van der Waals surface area contributed by atoms with E-state index in [1.807, 2.05) is 101 Å². The number of carbonyl (C=O) groups is 6. The summed E-state index contributed by atoms with van der Waals surface area (Å²) in [6.07, 6.45) is 11.1. The van der Waals surface area contributed by atoms with E-state index in [0.717, 1.165) is 59.8 Å². The maximum atomic E-state index is 13.7. The van der Waals surface area contributed by atoms with Gasteiger partial charge in [-0.05, 0) is 156 Å². The topological polar surface area (TPSA) is 308 Å². The predicted molar refractivity (Wildman–Crippen MR) is 347 cm³/mol. The van der Waals surface area contributed by atoms with Crippen LogP contribution in [0.5, 0.6) is 11.5 Å². The fourth-order valence-corrected chi connectivity index (χ4v) is 18.3. The van der Waals surface area contributed by atoms with Crippen molar-refractivity contribution in [2.45, 2.75) is 161 Å². The summed E-state index contributed by atoms with van der Waals surface area (Å²) in [5, 5.41) is 67.0. The third kappa shape index (κ3) is 12.1. The van der Waals surface area contributed by atoms with Crippen LogP contribution < -0.4 is 20.5 Å². The number of fused-ring (bicyclic) bond motifs is 12. The number of aliphatic hydroxyl groups excluding tert-OH is 5. The molecule has 19 heteroatoms. The second-order valence-corrected chi connectivity index (χ2v) is 29.1. The van der Waals surface area contributed by atoms with Gasteiger partial charge < -0.3 is 60.1 Å². The standard InChI is InChI=1S/C35H39NO7.C21H28O6.C19H21NO4/c1-33-13-12-24(38)14-22(33)10-11-26-27-16-30-35(29(40)18-37,34(27,2)17-28(39)31(26)33)43-32(42-30)21-8-6-20(7-9-21)19-41-25-5-3-4-23(36)15-25;1-19-6-5-12(23)7-11(19)3-4-13-14-8-16(25)21(27,17(26)10-22)20(14,2)9-15(24)18(13)19;1-19(2,3)24-18(22)20-16-5-4-6-17(11-16)23-13-15-9-7-14(12-21)8-10-15/h3-9,12-15,26-28,30-32,37,39H,10-11,16-19,36H2,1-2H3;5-7,13-16,18,22,24-25,27H,3-4,8-10H2,1-2H3;4-12H,13H2,1-3H3,(H,20,22)/t26-,27-,28-,30+,31+,32+,33-,34-,35+;13-,14-,15-,16+,18+,19-,20-,21-;/m00./s1. The van der Waals surface area contributed by atoms with Gasteiger partial charge in [-0.2, -0.15) is 0 Å². The van der Waals surface area contributed by atoms with Gasteiger partial charge in [0.2, 0.25) is 0 Å². The summed E-state index contributed by atoms with van der Waals surface area (Å²) >= 11 is 0. The van der Waals surface area contributed by atoms with E-state index < -0.39 is 100 Å². The number of aldehydes is 1. The Hall–Kier alpha value is -7.46. The van der Waals surface area contributed by atoms with Gasteiger partial charge in [0, 0.05) is 68.1 Å². The van der Waals surface area contributed by atoms with Crippen LogP contribution in [0, 0.1) is 57.2 Å². The molecule has 8 aliphatic carbocycles. The van der Waals surface area contributed by atoms with Gasteiger partial charge >= 0.3 is 6.09 Å². The smallest absolute Gasteiger partial charge is 0.412 e. The molecule has 0 aromatic heterocycles. The fraction of sp³-hybridized carbons (Fsp3) is 0.493. The number of hydrogen-bond acceptors (Lipinski definition) is 18. The van der Waals surface area contributed by atoms with Crippen molar-refractivity contribution >= 4 is 46.9 Å². The third-order valence-electron chi connectivity index (χ3n) is 22.6. The van der Waals surface area contributed by atoms with Crippen LogP contribution in [0.4, 0.5) is 16.2 Å². The number of Topliss-reactive ketones (excluding diaryl/α,β-unsaturated/α-hetero) is 2. The first kappa shape index (κ1) is 67.9. The highest BCUT2D eigenvalue weighted by Gasteiger charge is 2.76. The molecule has 1 heterocycles. The predicted octanol–water partition coefficient (Wildman–Crippen LogP) is 9.40. The van der Waals surface area contributed by atoms with Gasteiger partial charge in [0.05, 0.1) is 24.4 Å². The number of anilines is 2. The Morgan fingerprint density at radius 2 is 1.21 bits per heavy atom. The Morgan fingerprint density at radius 3 is 1.74 bits per heavy atom. The number of aliphatic hydroxyl groups is 6. The van der Waals surface area contributed by atoms with Gasteiger partial charge in [-0.3, -0.25) is 29.3 Å².